The molecule has 0 aliphatic carbocycles. The Morgan fingerprint density at radius 2 is 1.55 bits per heavy atom. The molecular formula is C25H20N2O4. The minimum absolute atomic E-state index is 0.278. The van der Waals surface area contributed by atoms with Gasteiger partial charge in [0.05, 0.1) is 17.3 Å². The van der Waals surface area contributed by atoms with Gasteiger partial charge in [-0.2, -0.15) is 0 Å². The molecule has 0 aliphatic rings. The highest BCUT2D eigenvalue weighted by Gasteiger charge is 2.19. The van der Waals surface area contributed by atoms with Crippen LogP contribution < -0.4 is 5.32 Å². The molecule has 0 aliphatic heterocycles. The van der Waals surface area contributed by atoms with Crippen LogP contribution in [-0.2, 0) is 16.1 Å². The number of hydrogen-bond acceptors (Lipinski definition) is 5. The maximum absolute atomic E-state index is 12.6. The summed E-state index contributed by atoms with van der Waals surface area (Å²) in [6, 6.07) is 25.9. The van der Waals surface area contributed by atoms with E-state index < -0.39 is 5.97 Å². The second kappa shape index (κ2) is 9.54. The molecule has 1 amide bonds. The van der Waals surface area contributed by atoms with E-state index in [0.717, 1.165) is 11.1 Å². The average Bonchev–Trinajstić information content (AvgIpc) is 3.33. The fourth-order valence-electron chi connectivity index (χ4n) is 3.04. The van der Waals surface area contributed by atoms with Gasteiger partial charge in [-0.25, -0.2) is 9.78 Å². The molecule has 154 valence electrons. The zero-order valence-corrected chi connectivity index (χ0v) is 16.7. The Labute approximate surface area is 179 Å². The summed E-state index contributed by atoms with van der Waals surface area (Å²) in [6.07, 6.45) is 1.61. The van der Waals surface area contributed by atoms with E-state index in [4.69, 9.17) is 9.15 Å². The van der Waals surface area contributed by atoms with Crippen LogP contribution in [0.1, 0.15) is 15.9 Å². The molecule has 1 aromatic heterocycles. The summed E-state index contributed by atoms with van der Waals surface area (Å²) in [5.74, 6) is -0.0962. The van der Waals surface area contributed by atoms with Gasteiger partial charge in [-0.3, -0.25) is 4.79 Å². The normalized spacial score (nSPS) is 10.5. The minimum atomic E-state index is -0.620. The Morgan fingerprint density at radius 3 is 2.32 bits per heavy atom. The smallest absolute Gasteiger partial charge is 0.339 e. The zero-order chi connectivity index (χ0) is 21.5. The molecule has 0 saturated heterocycles. The summed E-state index contributed by atoms with van der Waals surface area (Å²) < 4.78 is 11.1. The molecule has 6 nitrogen and oxygen atoms in total. The summed E-state index contributed by atoms with van der Waals surface area (Å²) in [5, 5.41) is 2.73. The molecule has 0 radical (unpaired) electrons. The molecular weight excluding hydrogens is 392 g/mol. The monoisotopic (exact) mass is 412 g/mol. The van der Waals surface area contributed by atoms with E-state index in [2.05, 4.69) is 10.3 Å². The van der Waals surface area contributed by atoms with Crippen LogP contribution in [0.5, 0.6) is 0 Å². The lowest BCUT2D eigenvalue weighted by atomic mass is 10.1. The number of aromatic nitrogens is 1. The first-order chi connectivity index (χ1) is 15.2. The average molecular weight is 412 g/mol. The highest BCUT2D eigenvalue weighted by atomic mass is 16.5. The number of carbonyl (C=O) groups excluding carboxylic acids is 2. The maximum Gasteiger partial charge on any atom is 0.339 e. The van der Waals surface area contributed by atoms with Gasteiger partial charge >= 0.3 is 5.97 Å². The summed E-state index contributed by atoms with van der Waals surface area (Å²) >= 11 is 0. The number of carbonyl (C=O) groups is 2. The number of ether oxygens (including phenoxy) is 1. The van der Waals surface area contributed by atoms with Crippen molar-refractivity contribution in [3.63, 3.8) is 0 Å². The fraction of sp³-hybridized carbons (Fsp3) is 0.0800. The van der Waals surface area contributed by atoms with Gasteiger partial charge in [-0.05, 0) is 17.7 Å². The Balaban J connectivity index is 1.42. The zero-order valence-electron chi connectivity index (χ0n) is 16.7. The lowest BCUT2D eigenvalue weighted by molar-refractivity contribution is -0.124. The third-order valence-corrected chi connectivity index (χ3v) is 4.61. The number of hydrogen-bond donors (Lipinski definition) is 1. The van der Waals surface area contributed by atoms with Crippen molar-refractivity contribution in [2.75, 3.05) is 6.61 Å². The first-order valence-electron chi connectivity index (χ1n) is 9.79. The Bertz CT molecular complexity index is 1170. The van der Waals surface area contributed by atoms with Crippen LogP contribution in [0, 0.1) is 0 Å². The lowest BCUT2D eigenvalue weighted by Crippen LogP contribution is -2.28. The van der Waals surface area contributed by atoms with Crippen LogP contribution in [0.15, 0.2) is 95.5 Å². The largest absolute Gasteiger partial charge is 0.452 e. The highest BCUT2D eigenvalue weighted by Crippen LogP contribution is 2.28. The van der Waals surface area contributed by atoms with E-state index in [1.807, 2.05) is 60.7 Å². The molecule has 6 heteroatoms. The van der Waals surface area contributed by atoms with Gasteiger partial charge < -0.3 is 14.5 Å². The van der Waals surface area contributed by atoms with Gasteiger partial charge in [0.25, 0.3) is 5.91 Å². The Morgan fingerprint density at radius 1 is 0.871 bits per heavy atom. The first kappa shape index (κ1) is 20.1. The number of rotatable bonds is 7. The number of esters is 1. The molecule has 0 spiro atoms. The topological polar surface area (TPSA) is 81.4 Å². The molecule has 1 heterocycles. The molecule has 0 fully saturated rings. The number of oxazole rings is 1. The van der Waals surface area contributed by atoms with Crippen LogP contribution in [0.25, 0.3) is 22.8 Å². The van der Waals surface area contributed by atoms with Crippen molar-refractivity contribution in [3.05, 3.63) is 102 Å². The van der Waals surface area contributed by atoms with Gasteiger partial charge in [-0.15, -0.1) is 0 Å². The third kappa shape index (κ3) is 5.05. The third-order valence-electron chi connectivity index (χ3n) is 4.61. The molecule has 31 heavy (non-hydrogen) atoms. The molecule has 0 saturated carbocycles. The van der Waals surface area contributed by atoms with Crippen LogP contribution >= 0.6 is 0 Å². The summed E-state index contributed by atoms with van der Waals surface area (Å²) in [7, 11) is 0. The second-order valence-corrected chi connectivity index (χ2v) is 6.78. The minimum Gasteiger partial charge on any atom is -0.452 e. The van der Waals surface area contributed by atoms with Crippen LogP contribution in [0.3, 0.4) is 0 Å². The summed E-state index contributed by atoms with van der Waals surface area (Å²) in [4.78, 5) is 29.0. The van der Waals surface area contributed by atoms with E-state index in [-0.39, 0.29) is 18.1 Å². The van der Waals surface area contributed by atoms with Crippen LogP contribution in [0.4, 0.5) is 0 Å². The maximum atomic E-state index is 12.6. The molecule has 0 unspecified atom stereocenters. The van der Waals surface area contributed by atoms with E-state index >= 15 is 0 Å². The van der Waals surface area contributed by atoms with Crippen molar-refractivity contribution in [3.8, 4) is 22.8 Å². The second-order valence-electron chi connectivity index (χ2n) is 6.78. The molecule has 1 N–H and O–H groups in total. The fourth-order valence-corrected chi connectivity index (χ4v) is 3.04. The number of nitrogens with one attached hydrogen (secondary N) is 1. The Hall–Kier alpha value is -4.19. The number of amides is 1. The molecule has 0 atom stereocenters. The van der Waals surface area contributed by atoms with E-state index in [9.17, 15) is 9.59 Å². The molecule has 4 aromatic rings. The van der Waals surface area contributed by atoms with Crippen molar-refractivity contribution < 1.29 is 18.7 Å². The first-order valence-corrected chi connectivity index (χ1v) is 9.79. The van der Waals surface area contributed by atoms with Gasteiger partial charge in [-0.1, -0.05) is 72.8 Å². The molecule has 3 aromatic carbocycles. The van der Waals surface area contributed by atoms with Gasteiger partial charge in [0.15, 0.2) is 12.4 Å². The number of nitrogens with zero attached hydrogens (tertiary/aromatic N) is 1. The van der Waals surface area contributed by atoms with Crippen molar-refractivity contribution in [1.29, 1.82) is 0 Å². The lowest BCUT2D eigenvalue weighted by Gasteiger charge is -2.08. The van der Waals surface area contributed by atoms with Crippen molar-refractivity contribution in [1.82, 2.24) is 10.3 Å². The highest BCUT2D eigenvalue weighted by molar-refractivity contribution is 5.97. The van der Waals surface area contributed by atoms with Gasteiger partial charge in [0.2, 0.25) is 5.89 Å². The van der Waals surface area contributed by atoms with Gasteiger partial charge in [0.1, 0.15) is 0 Å². The van der Waals surface area contributed by atoms with Crippen molar-refractivity contribution in [2.24, 2.45) is 0 Å². The SMILES string of the molecule is O=C(COC(=O)c1ccccc1-c1ncc(-c2ccccc2)o1)NCc1ccccc1. The predicted molar refractivity (Wildman–Crippen MR) is 116 cm³/mol. The van der Waals surface area contributed by atoms with Crippen molar-refractivity contribution in [2.45, 2.75) is 6.54 Å². The van der Waals surface area contributed by atoms with Crippen LogP contribution in [0.2, 0.25) is 0 Å². The number of benzene rings is 3. The quantitative estimate of drug-likeness (QED) is 0.453. The van der Waals surface area contributed by atoms with Crippen LogP contribution in [-0.4, -0.2) is 23.5 Å². The van der Waals surface area contributed by atoms with Gasteiger partial charge in [0, 0.05) is 12.1 Å². The van der Waals surface area contributed by atoms with E-state index in [0.29, 0.717) is 23.8 Å². The summed E-state index contributed by atoms with van der Waals surface area (Å²) in [5.41, 5.74) is 2.63. The van der Waals surface area contributed by atoms with Crippen molar-refractivity contribution >= 4 is 11.9 Å². The van der Waals surface area contributed by atoms with E-state index in [1.54, 1.807) is 30.5 Å². The Kier molecular flexibility index (Phi) is 6.18. The molecule has 0 bridgehead atoms. The predicted octanol–water partition coefficient (Wildman–Crippen LogP) is 4.48. The standard InChI is InChI=1S/C25H20N2O4/c28-23(26-15-18-9-3-1-4-10-18)17-30-25(29)21-14-8-7-13-20(21)24-27-16-22(31-24)19-11-5-2-6-12-19/h1-14,16H,15,17H2,(H,26,28). The van der Waals surface area contributed by atoms with E-state index in [1.165, 1.54) is 0 Å². The summed E-state index contributed by atoms with van der Waals surface area (Å²) in [6.45, 7) is -0.00671. The molecule has 4 rings (SSSR count).